The number of aromatic nitrogens is 1. The molecule has 0 saturated heterocycles. The second-order valence-electron chi connectivity index (χ2n) is 3.64. The Morgan fingerprint density at radius 1 is 1.62 bits per heavy atom. The minimum atomic E-state index is 0.202. The third-order valence-electron chi connectivity index (χ3n) is 1.94. The molecule has 4 heteroatoms. The first-order chi connectivity index (χ1) is 6.14. The van der Waals surface area contributed by atoms with E-state index in [0.29, 0.717) is 0 Å². The average Bonchev–Trinajstić information content (AvgIpc) is 2.52. The first-order valence-electron chi connectivity index (χ1n) is 4.32. The van der Waals surface area contributed by atoms with Crippen LogP contribution in [0, 0.1) is 0 Å². The predicted molar refractivity (Wildman–Crippen MR) is 61.4 cm³/mol. The number of alkyl halides is 1. The first kappa shape index (κ1) is 11.1. The number of hydrogen-bond donors (Lipinski definition) is 1. The lowest BCUT2D eigenvalue weighted by atomic mass is 10.0. The molecule has 0 saturated carbocycles. The number of nitrogens with zero attached hydrogens (tertiary/aromatic N) is 1. The molecule has 1 rings (SSSR count). The molecule has 0 spiro atoms. The number of halogens is 1. The Balaban J connectivity index is 2.33. The fraction of sp³-hybridized carbons (Fsp3) is 0.667. The topological polar surface area (TPSA) is 24.9 Å². The van der Waals surface area contributed by atoms with Crippen molar-refractivity contribution in [3.63, 3.8) is 0 Å². The number of rotatable bonds is 5. The molecule has 0 aliphatic carbocycles. The highest BCUT2D eigenvalue weighted by Gasteiger charge is 2.15. The van der Waals surface area contributed by atoms with Crippen molar-refractivity contribution in [3.05, 3.63) is 16.6 Å². The van der Waals surface area contributed by atoms with Crippen LogP contribution >= 0.6 is 27.3 Å². The van der Waals surface area contributed by atoms with Crippen molar-refractivity contribution in [3.8, 4) is 0 Å². The number of thiazole rings is 1. The number of nitrogens with one attached hydrogen (secondary N) is 1. The predicted octanol–water partition coefficient (Wildman–Crippen LogP) is 2.80. The van der Waals surface area contributed by atoms with Crippen LogP contribution in [0.15, 0.2) is 11.7 Å². The minimum absolute atomic E-state index is 0.202. The molecule has 0 aliphatic rings. The van der Waals surface area contributed by atoms with Gasteiger partial charge >= 0.3 is 0 Å². The van der Waals surface area contributed by atoms with Gasteiger partial charge in [-0.3, -0.25) is 4.98 Å². The summed E-state index contributed by atoms with van der Waals surface area (Å²) in [4.78, 5) is 5.33. The van der Waals surface area contributed by atoms with Crippen LogP contribution in [0.5, 0.6) is 0 Å². The van der Waals surface area contributed by atoms with Crippen LogP contribution in [-0.2, 0) is 6.54 Å². The maximum atomic E-state index is 4.04. The minimum Gasteiger partial charge on any atom is -0.307 e. The van der Waals surface area contributed by atoms with Crippen molar-refractivity contribution in [1.82, 2.24) is 10.3 Å². The zero-order valence-electron chi connectivity index (χ0n) is 8.01. The van der Waals surface area contributed by atoms with Crippen LogP contribution in [0.1, 0.15) is 25.1 Å². The van der Waals surface area contributed by atoms with E-state index in [0.717, 1.165) is 18.3 Å². The highest BCUT2D eigenvalue weighted by atomic mass is 79.9. The normalized spacial score (nSPS) is 11.9. The van der Waals surface area contributed by atoms with Gasteiger partial charge in [-0.05, 0) is 20.3 Å². The molecule has 0 radical (unpaired) electrons. The summed E-state index contributed by atoms with van der Waals surface area (Å²) in [5.74, 6) is 0. The van der Waals surface area contributed by atoms with E-state index < -0.39 is 0 Å². The van der Waals surface area contributed by atoms with Gasteiger partial charge in [-0.1, -0.05) is 15.9 Å². The van der Waals surface area contributed by atoms with E-state index >= 15 is 0 Å². The Bertz CT molecular complexity index is 234. The average molecular weight is 263 g/mol. The van der Waals surface area contributed by atoms with Crippen LogP contribution in [-0.4, -0.2) is 15.9 Å². The molecular formula is C9H15BrN2S. The summed E-state index contributed by atoms with van der Waals surface area (Å²) in [6, 6.07) is 0. The van der Waals surface area contributed by atoms with Gasteiger partial charge in [0.2, 0.25) is 0 Å². The molecule has 0 unspecified atom stereocenters. The lowest BCUT2D eigenvalue weighted by molar-refractivity contribution is 0.379. The van der Waals surface area contributed by atoms with Crippen molar-refractivity contribution in [2.45, 2.75) is 32.4 Å². The summed E-state index contributed by atoms with van der Waals surface area (Å²) in [5, 5.41) is 4.54. The second-order valence-corrected chi connectivity index (χ2v) is 5.41. The van der Waals surface area contributed by atoms with Gasteiger partial charge in [0, 0.05) is 28.5 Å². The van der Waals surface area contributed by atoms with Gasteiger partial charge in [0.15, 0.2) is 0 Å². The van der Waals surface area contributed by atoms with E-state index in [1.807, 2.05) is 11.7 Å². The summed E-state index contributed by atoms with van der Waals surface area (Å²) < 4.78 is 0. The van der Waals surface area contributed by atoms with Gasteiger partial charge < -0.3 is 5.32 Å². The van der Waals surface area contributed by atoms with Crippen LogP contribution < -0.4 is 5.32 Å². The maximum Gasteiger partial charge on any atom is 0.0794 e. The Labute approximate surface area is 91.9 Å². The van der Waals surface area contributed by atoms with Gasteiger partial charge in [-0.2, -0.15) is 0 Å². The molecule has 74 valence electrons. The molecule has 1 heterocycles. The molecule has 1 aromatic heterocycles. The number of hydrogen-bond acceptors (Lipinski definition) is 3. The van der Waals surface area contributed by atoms with Gasteiger partial charge in [-0.25, -0.2) is 0 Å². The fourth-order valence-corrected chi connectivity index (χ4v) is 2.51. The highest BCUT2D eigenvalue weighted by molar-refractivity contribution is 9.09. The molecule has 0 amide bonds. The molecule has 0 atom stereocenters. The van der Waals surface area contributed by atoms with E-state index in [4.69, 9.17) is 0 Å². The first-order valence-corrected chi connectivity index (χ1v) is 6.32. The molecule has 1 aromatic rings. The smallest absolute Gasteiger partial charge is 0.0794 e. The third-order valence-corrected chi connectivity index (χ3v) is 3.12. The van der Waals surface area contributed by atoms with E-state index in [1.165, 1.54) is 4.88 Å². The molecule has 0 aliphatic heterocycles. The highest BCUT2D eigenvalue weighted by Crippen LogP contribution is 2.12. The zero-order chi connectivity index (χ0) is 9.73. The summed E-state index contributed by atoms with van der Waals surface area (Å²) in [7, 11) is 0. The van der Waals surface area contributed by atoms with Crippen molar-refractivity contribution in [1.29, 1.82) is 0 Å². The fourth-order valence-electron chi connectivity index (χ4n) is 0.980. The maximum absolute atomic E-state index is 4.04. The van der Waals surface area contributed by atoms with Gasteiger partial charge in [0.25, 0.3) is 0 Å². The van der Waals surface area contributed by atoms with E-state index in [1.54, 1.807) is 11.3 Å². The van der Waals surface area contributed by atoms with Crippen LogP contribution in [0.3, 0.4) is 0 Å². The summed E-state index contributed by atoms with van der Waals surface area (Å²) in [6.45, 7) is 5.36. The lowest BCUT2D eigenvalue weighted by Gasteiger charge is -2.24. The molecular weight excluding hydrogens is 248 g/mol. The Hall–Kier alpha value is 0.0700. The van der Waals surface area contributed by atoms with Crippen molar-refractivity contribution >= 4 is 27.3 Å². The quantitative estimate of drug-likeness (QED) is 0.826. The van der Waals surface area contributed by atoms with Crippen LogP contribution in [0.2, 0.25) is 0 Å². The molecule has 0 aromatic carbocycles. The van der Waals surface area contributed by atoms with Crippen molar-refractivity contribution in [2.75, 3.05) is 5.33 Å². The molecule has 2 nitrogen and oxygen atoms in total. The third kappa shape index (κ3) is 4.20. The summed E-state index contributed by atoms with van der Waals surface area (Å²) in [6.07, 6.45) is 3.05. The van der Waals surface area contributed by atoms with Crippen LogP contribution in [0.4, 0.5) is 0 Å². The van der Waals surface area contributed by atoms with Crippen molar-refractivity contribution in [2.24, 2.45) is 0 Å². The SMILES string of the molecule is CC(C)(CCBr)NCc1cncs1. The summed E-state index contributed by atoms with van der Waals surface area (Å²) in [5.41, 5.74) is 2.07. The summed E-state index contributed by atoms with van der Waals surface area (Å²) >= 11 is 5.15. The van der Waals surface area contributed by atoms with E-state index in [2.05, 4.69) is 40.1 Å². The molecule has 1 N–H and O–H groups in total. The Morgan fingerprint density at radius 3 is 2.92 bits per heavy atom. The zero-order valence-corrected chi connectivity index (χ0v) is 10.4. The van der Waals surface area contributed by atoms with E-state index in [9.17, 15) is 0 Å². The van der Waals surface area contributed by atoms with Gasteiger partial charge in [0.05, 0.1) is 5.51 Å². The largest absolute Gasteiger partial charge is 0.307 e. The second kappa shape index (κ2) is 5.08. The Kier molecular flexibility index (Phi) is 4.35. The monoisotopic (exact) mass is 262 g/mol. The van der Waals surface area contributed by atoms with Crippen LogP contribution in [0.25, 0.3) is 0 Å². The molecule has 0 fully saturated rings. The lowest BCUT2D eigenvalue weighted by Crippen LogP contribution is -2.38. The Morgan fingerprint density at radius 2 is 2.38 bits per heavy atom. The standard InChI is InChI=1S/C9H15BrN2S/c1-9(2,3-4-10)12-6-8-5-11-7-13-8/h5,7,12H,3-4,6H2,1-2H3. The van der Waals surface area contributed by atoms with Gasteiger partial charge in [0.1, 0.15) is 0 Å². The van der Waals surface area contributed by atoms with Gasteiger partial charge in [-0.15, -0.1) is 11.3 Å². The molecule has 13 heavy (non-hydrogen) atoms. The molecule has 0 bridgehead atoms. The van der Waals surface area contributed by atoms with Crippen molar-refractivity contribution < 1.29 is 0 Å². The van der Waals surface area contributed by atoms with E-state index in [-0.39, 0.29) is 5.54 Å².